The Labute approximate surface area is 134 Å². The molecule has 0 bridgehead atoms. The number of carbonyl (C=O) groups excluding carboxylic acids is 1. The van der Waals surface area contributed by atoms with Crippen LogP contribution in [-0.4, -0.2) is 30.7 Å². The lowest BCUT2D eigenvalue weighted by atomic mass is 10.2. The third-order valence-electron chi connectivity index (χ3n) is 3.23. The van der Waals surface area contributed by atoms with E-state index in [9.17, 15) is 4.79 Å². The average Bonchev–Trinajstić information content (AvgIpc) is 2.96. The second-order valence-corrected chi connectivity index (χ2v) is 4.87. The van der Waals surface area contributed by atoms with E-state index < -0.39 is 12.0 Å². The quantitative estimate of drug-likeness (QED) is 0.629. The summed E-state index contributed by atoms with van der Waals surface area (Å²) in [6.07, 6.45) is 1.49. The summed E-state index contributed by atoms with van der Waals surface area (Å²) in [5, 5.41) is 0. The van der Waals surface area contributed by atoms with Crippen LogP contribution >= 0.6 is 0 Å². The second-order valence-electron chi connectivity index (χ2n) is 4.87. The van der Waals surface area contributed by atoms with Gasteiger partial charge in [-0.05, 0) is 43.3 Å². The van der Waals surface area contributed by atoms with Crippen LogP contribution in [0.4, 0.5) is 5.69 Å². The largest absolute Gasteiger partial charge is 0.494 e. The highest BCUT2D eigenvalue weighted by atomic mass is 16.6. The SMILES string of the molecule is CCOc1ccc(N=CC2N=C(c3ccccc3)OC2=O)cc1. The van der Waals surface area contributed by atoms with Gasteiger partial charge >= 0.3 is 5.97 Å². The Morgan fingerprint density at radius 2 is 1.91 bits per heavy atom. The summed E-state index contributed by atoms with van der Waals surface area (Å²) in [5.41, 5.74) is 1.50. The average molecular weight is 308 g/mol. The molecule has 0 saturated carbocycles. The van der Waals surface area contributed by atoms with E-state index in [0.717, 1.165) is 17.0 Å². The Morgan fingerprint density at radius 3 is 2.61 bits per heavy atom. The topological polar surface area (TPSA) is 60.3 Å². The zero-order valence-electron chi connectivity index (χ0n) is 12.7. The van der Waals surface area contributed by atoms with Crippen molar-refractivity contribution in [2.75, 3.05) is 6.61 Å². The molecule has 0 aliphatic carbocycles. The van der Waals surface area contributed by atoms with Gasteiger partial charge in [-0.1, -0.05) is 18.2 Å². The zero-order chi connectivity index (χ0) is 16.1. The highest BCUT2D eigenvalue weighted by Crippen LogP contribution is 2.19. The summed E-state index contributed by atoms with van der Waals surface area (Å²) in [6.45, 7) is 2.55. The molecule has 5 nitrogen and oxygen atoms in total. The molecule has 2 aromatic rings. The van der Waals surface area contributed by atoms with Gasteiger partial charge in [0.05, 0.1) is 12.3 Å². The van der Waals surface area contributed by atoms with Crippen molar-refractivity contribution in [2.24, 2.45) is 9.98 Å². The summed E-state index contributed by atoms with van der Waals surface area (Å²) >= 11 is 0. The van der Waals surface area contributed by atoms with Gasteiger partial charge in [0.1, 0.15) is 5.75 Å². The number of benzene rings is 2. The molecule has 5 heteroatoms. The fourth-order valence-corrected chi connectivity index (χ4v) is 2.12. The highest BCUT2D eigenvalue weighted by Gasteiger charge is 2.28. The van der Waals surface area contributed by atoms with Crippen LogP contribution in [0, 0.1) is 0 Å². The van der Waals surface area contributed by atoms with Gasteiger partial charge in [-0.3, -0.25) is 4.99 Å². The molecule has 23 heavy (non-hydrogen) atoms. The lowest BCUT2D eigenvalue weighted by molar-refractivity contribution is -0.133. The Kier molecular flexibility index (Phi) is 4.47. The van der Waals surface area contributed by atoms with Crippen molar-refractivity contribution in [3.63, 3.8) is 0 Å². The molecule has 0 N–H and O–H groups in total. The van der Waals surface area contributed by atoms with Gasteiger partial charge in [-0.15, -0.1) is 0 Å². The smallest absolute Gasteiger partial charge is 0.343 e. The van der Waals surface area contributed by atoms with Crippen LogP contribution in [0.1, 0.15) is 12.5 Å². The Bertz CT molecular complexity index is 737. The zero-order valence-corrected chi connectivity index (χ0v) is 12.7. The molecule has 1 atom stereocenters. The molecule has 0 spiro atoms. The number of nitrogens with zero attached hydrogens (tertiary/aromatic N) is 2. The molecule has 0 saturated heterocycles. The van der Waals surface area contributed by atoms with E-state index in [4.69, 9.17) is 9.47 Å². The number of hydrogen-bond donors (Lipinski definition) is 0. The minimum Gasteiger partial charge on any atom is -0.494 e. The summed E-state index contributed by atoms with van der Waals surface area (Å²) < 4.78 is 10.6. The van der Waals surface area contributed by atoms with Crippen molar-refractivity contribution in [1.29, 1.82) is 0 Å². The Balaban J connectivity index is 1.72. The van der Waals surface area contributed by atoms with E-state index in [2.05, 4.69) is 9.98 Å². The predicted molar refractivity (Wildman–Crippen MR) is 88.6 cm³/mol. The second kappa shape index (κ2) is 6.87. The number of hydrogen-bond acceptors (Lipinski definition) is 5. The van der Waals surface area contributed by atoms with E-state index in [1.54, 1.807) is 0 Å². The molecular weight excluding hydrogens is 292 g/mol. The molecule has 0 amide bonds. The lowest BCUT2D eigenvalue weighted by Crippen LogP contribution is -2.16. The fraction of sp³-hybridized carbons (Fsp3) is 0.167. The van der Waals surface area contributed by atoms with Gasteiger partial charge in [0.2, 0.25) is 5.90 Å². The van der Waals surface area contributed by atoms with Crippen molar-refractivity contribution in [1.82, 2.24) is 0 Å². The fourth-order valence-electron chi connectivity index (χ4n) is 2.12. The van der Waals surface area contributed by atoms with E-state index >= 15 is 0 Å². The molecule has 2 aromatic carbocycles. The minimum absolute atomic E-state index is 0.332. The lowest BCUT2D eigenvalue weighted by Gasteiger charge is -2.02. The highest BCUT2D eigenvalue weighted by molar-refractivity contribution is 6.11. The number of aliphatic imine (C=N–C) groups is 2. The minimum atomic E-state index is -0.711. The first-order chi connectivity index (χ1) is 11.3. The van der Waals surface area contributed by atoms with Crippen LogP contribution in [0.2, 0.25) is 0 Å². The number of esters is 1. The number of ether oxygens (including phenoxy) is 2. The standard InChI is InChI=1S/C18H16N2O3/c1-2-22-15-10-8-14(9-11-15)19-12-16-18(21)23-17(20-16)13-6-4-3-5-7-13/h3-12,16H,2H2,1H3. The maximum Gasteiger partial charge on any atom is 0.343 e. The first kappa shape index (κ1) is 15.0. The van der Waals surface area contributed by atoms with Crippen molar-refractivity contribution >= 4 is 23.8 Å². The maximum absolute atomic E-state index is 11.9. The van der Waals surface area contributed by atoms with Crippen LogP contribution in [0.15, 0.2) is 64.6 Å². The first-order valence-corrected chi connectivity index (χ1v) is 7.38. The normalized spacial score (nSPS) is 17.2. The Hall–Kier alpha value is -2.95. The molecule has 1 aliphatic heterocycles. The summed E-state index contributed by atoms with van der Waals surface area (Å²) in [5.74, 6) is 0.702. The first-order valence-electron chi connectivity index (χ1n) is 7.38. The van der Waals surface area contributed by atoms with Crippen LogP contribution < -0.4 is 4.74 Å². The Morgan fingerprint density at radius 1 is 1.17 bits per heavy atom. The molecular formula is C18H16N2O3. The van der Waals surface area contributed by atoms with Crippen LogP contribution in [-0.2, 0) is 9.53 Å². The maximum atomic E-state index is 11.9. The van der Waals surface area contributed by atoms with Crippen LogP contribution in [0.25, 0.3) is 0 Å². The third kappa shape index (κ3) is 3.63. The van der Waals surface area contributed by atoms with Crippen LogP contribution in [0.3, 0.4) is 0 Å². The van der Waals surface area contributed by atoms with Gasteiger partial charge in [-0.2, -0.15) is 0 Å². The molecule has 0 radical (unpaired) electrons. The van der Waals surface area contributed by atoms with Crippen molar-refractivity contribution < 1.29 is 14.3 Å². The van der Waals surface area contributed by atoms with E-state index in [0.29, 0.717) is 12.5 Å². The number of carbonyl (C=O) groups is 1. The number of rotatable bonds is 5. The van der Waals surface area contributed by atoms with Gasteiger partial charge in [0.25, 0.3) is 0 Å². The molecule has 1 unspecified atom stereocenters. The predicted octanol–water partition coefficient (Wildman–Crippen LogP) is 3.16. The van der Waals surface area contributed by atoms with E-state index in [-0.39, 0.29) is 0 Å². The summed E-state index contributed by atoms with van der Waals surface area (Å²) in [7, 11) is 0. The molecule has 0 aromatic heterocycles. The summed E-state index contributed by atoms with van der Waals surface area (Å²) in [4.78, 5) is 20.4. The molecule has 116 valence electrons. The monoisotopic (exact) mass is 308 g/mol. The summed E-state index contributed by atoms with van der Waals surface area (Å²) in [6, 6.07) is 15.9. The van der Waals surface area contributed by atoms with Gasteiger partial charge < -0.3 is 9.47 Å². The van der Waals surface area contributed by atoms with Crippen molar-refractivity contribution in [2.45, 2.75) is 13.0 Å². The van der Waals surface area contributed by atoms with E-state index in [1.807, 2.05) is 61.5 Å². The third-order valence-corrected chi connectivity index (χ3v) is 3.23. The molecule has 1 aliphatic rings. The number of cyclic esters (lactones) is 1. The van der Waals surface area contributed by atoms with Gasteiger partial charge in [0, 0.05) is 11.8 Å². The van der Waals surface area contributed by atoms with E-state index in [1.165, 1.54) is 6.21 Å². The molecule has 0 fully saturated rings. The van der Waals surface area contributed by atoms with Crippen molar-refractivity contribution in [3.8, 4) is 5.75 Å². The molecule has 1 heterocycles. The van der Waals surface area contributed by atoms with Gasteiger partial charge in [0.15, 0.2) is 6.04 Å². The van der Waals surface area contributed by atoms with Crippen molar-refractivity contribution in [3.05, 3.63) is 60.2 Å². The molecule has 3 rings (SSSR count). The van der Waals surface area contributed by atoms with Gasteiger partial charge in [-0.25, -0.2) is 9.79 Å². The van der Waals surface area contributed by atoms with Crippen LogP contribution in [0.5, 0.6) is 5.75 Å².